The van der Waals surface area contributed by atoms with Gasteiger partial charge in [0, 0.05) is 19.6 Å². The molecule has 0 aromatic rings. The van der Waals surface area contributed by atoms with E-state index in [1.807, 2.05) is 20.8 Å². The van der Waals surface area contributed by atoms with Crippen LogP contribution >= 0.6 is 0 Å². The van der Waals surface area contributed by atoms with Crippen molar-refractivity contribution in [2.24, 2.45) is 0 Å². The second kappa shape index (κ2) is 20.6. The maximum Gasteiger partial charge on any atom is 0.411 e. The Bertz CT molecular complexity index is 1240. The molecular formula is C35H59N3O13. The van der Waals surface area contributed by atoms with E-state index < -0.39 is 53.0 Å². The number of piperazine rings is 1. The molecule has 0 aliphatic carbocycles. The molecule has 1 unspecified atom stereocenters. The highest BCUT2D eigenvalue weighted by atomic mass is 16.6. The minimum Gasteiger partial charge on any atom is -0.467 e. The highest BCUT2D eigenvalue weighted by Crippen LogP contribution is 2.21. The van der Waals surface area contributed by atoms with Crippen LogP contribution in [-0.2, 0) is 52.5 Å². The Morgan fingerprint density at radius 2 is 1.00 bits per heavy atom. The number of hydrogen-bond donors (Lipinski definition) is 0. The van der Waals surface area contributed by atoms with Crippen molar-refractivity contribution in [3.8, 4) is 0 Å². The Kier molecular flexibility index (Phi) is 18.9. The maximum absolute atomic E-state index is 12.2. The zero-order valence-corrected chi connectivity index (χ0v) is 32.7. The van der Waals surface area contributed by atoms with E-state index in [1.54, 1.807) is 41.5 Å². The van der Waals surface area contributed by atoms with E-state index in [1.165, 1.54) is 42.8 Å². The van der Waals surface area contributed by atoms with Crippen molar-refractivity contribution in [1.82, 2.24) is 14.7 Å². The van der Waals surface area contributed by atoms with Gasteiger partial charge in [-0.05, 0) is 95.4 Å². The van der Waals surface area contributed by atoms with Crippen molar-refractivity contribution >= 4 is 47.6 Å². The van der Waals surface area contributed by atoms with Gasteiger partial charge in [0.15, 0.2) is 6.04 Å². The summed E-state index contributed by atoms with van der Waals surface area (Å²) in [4.78, 5) is 96.2. The number of methoxy groups -OCH3 is 2. The molecular weight excluding hydrogens is 670 g/mol. The Labute approximate surface area is 301 Å². The third-order valence-electron chi connectivity index (χ3n) is 6.65. The van der Waals surface area contributed by atoms with E-state index in [9.17, 15) is 38.4 Å². The fraction of sp³-hybridized carbons (Fsp3) is 0.771. The van der Waals surface area contributed by atoms with E-state index in [2.05, 4.69) is 0 Å². The van der Waals surface area contributed by atoms with Crippen molar-refractivity contribution in [3.63, 3.8) is 0 Å². The van der Waals surface area contributed by atoms with Gasteiger partial charge in [0.05, 0.1) is 27.2 Å². The lowest BCUT2D eigenvalue weighted by atomic mass is 10.0. The van der Waals surface area contributed by atoms with Gasteiger partial charge in [-0.3, -0.25) is 29.0 Å². The number of ketones is 2. The van der Waals surface area contributed by atoms with Crippen LogP contribution in [0, 0.1) is 0 Å². The number of nitrogens with zero attached hydrogens (tertiary/aromatic N) is 3. The number of hydrogen-bond acceptors (Lipinski definition) is 13. The van der Waals surface area contributed by atoms with Gasteiger partial charge in [-0.25, -0.2) is 19.2 Å². The molecule has 0 bridgehead atoms. The number of amides is 3. The zero-order valence-electron chi connectivity index (χ0n) is 32.7. The normalized spacial score (nSPS) is 17.6. The Morgan fingerprint density at radius 1 is 0.569 bits per heavy atom. The fourth-order valence-corrected chi connectivity index (χ4v) is 4.64. The molecule has 51 heavy (non-hydrogen) atoms. The largest absolute Gasteiger partial charge is 0.467 e. The Balaban J connectivity index is 0.000000786. The van der Waals surface area contributed by atoms with Gasteiger partial charge < -0.3 is 28.6 Å². The van der Waals surface area contributed by atoms with Crippen LogP contribution in [0.2, 0.25) is 0 Å². The summed E-state index contributed by atoms with van der Waals surface area (Å²) in [6.45, 7) is 19.5. The van der Waals surface area contributed by atoms with Gasteiger partial charge in [-0.2, -0.15) is 0 Å². The summed E-state index contributed by atoms with van der Waals surface area (Å²) in [5, 5.41) is 0. The lowest BCUT2D eigenvalue weighted by Crippen LogP contribution is -2.60. The molecule has 2 heterocycles. The summed E-state index contributed by atoms with van der Waals surface area (Å²) < 4.78 is 24.9. The molecule has 0 aromatic carbocycles. The average Bonchev–Trinajstić information content (AvgIpc) is 2.97. The van der Waals surface area contributed by atoms with E-state index in [4.69, 9.17) is 23.7 Å². The molecule has 2 atom stereocenters. The van der Waals surface area contributed by atoms with Crippen LogP contribution in [0.25, 0.3) is 0 Å². The molecule has 0 aromatic heterocycles. The molecule has 0 spiro atoms. The van der Waals surface area contributed by atoms with E-state index >= 15 is 0 Å². The standard InChI is InChI=1S/C15H24N2O6.C12H21NO4.C8H14O3/c1-10(18)8-12(19)16-6-7-17(11(9-16)13(20)22-5)14(21)23-15(2,3)4;1-12(2,3)17-11(15)13-8-6-5-7-9(13)10(14)16-4;1-6(9)5-7(10)11-8(2,3)4/h11H,6-9H2,1-5H3;9H,5-8H2,1-4H3;5H2,1-4H3/t11-;;/m0../s1. The monoisotopic (exact) mass is 729 g/mol. The number of carbonyl (C=O) groups is 8. The highest BCUT2D eigenvalue weighted by Gasteiger charge is 2.40. The molecule has 0 N–H and O–H groups in total. The minimum absolute atomic E-state index is 0.0158. The molecule has 0 saturated carbocycles. The topological polar surface area (TPSA) is 192 Å². The molecule has 3 amide bonds. The van der Waals surface area contributed by atoms with Crippen LogP contribution in [0.15, 0.2) is 0 Å². The first-order valence-corrected chi connectivity index (χ1v) is 16.8. The number of piperidine rings is 1. The molecule has 292 valence electrons. The Morgan fingerprint density at radius 3 is 1.41 bits per heavy atom. The summed E-state index contributed by atoms with van der Waals surface area (Å²) in [5.74, 6) is -2.23. The second-order valence-electron chi connectivity index (χ2n) is 15.1. The van der Waals surface area contributed by atoms with Gasteiger partial charge in [-0.15, -0.1) is 0 Å². The average molecular weight is 730 g/mol. The molecule has 2 rings (SSSR count). The van der Waals surface area contributed by atoms with Crippen molar-refractivity contribution in [3.05, 3.63) is 0 Å². The van der Waals surface area contributed by atoms with Crippen molar-refractivity contribution in [2.75, 3.05) is 40.4 Å². The summed E-state index contributed by atoms with van der Waals surface area (Å²) >= 11 is 0. The van der Waals surface area contributed by atoms with Crippen molar-refractivity contribution in [1.29, 1.82) is 0 Å². The summed E-state index contributed by atoms with van der Waals surface area (Å²) in [6.07, 6.45) is 1.05. The molecule has 2 fully saturated rings. The Hall–Kier alpha value is -4.24. The number of rotatable bonds is 6. The molecule has 2 saturated heterocycles. The maximum atomic E-state index is 12.2. The van der Waals surface area contributed by atoms with Crippen LogP contribution in [0.5, 0.6) is 0 Å². The summed E-state index contributed by atoms with van der Waals surface area (Å²) in [7, 11) is 2.55. The predicted molar refractivity (Wildman–Crippen MR) is 184 cm³/mol. The van der Waals surface area contributed by atoms with Crippen molar-refractivity contribution in [2.45, 2.75) is 137 Å². The third-order valence-corrected chi connectivity index (χ3v) is 6.65. The van der Waals surface area contributed by atoms with Crippen molar-refractivity contribution < 1.29 is 62.0 Å². The quantitative estimate of drug-likeness (QED) is 0.218. The van der Waals surface area contributed by atoms with Gasteiger partial charge in [0.1, 0.15) is 40.8 Å². The van der Waals surface area contributed by atoms with Gasteiger partial charge in [0.2, 0.25) is 5.91 Å². The van der Waals surface area contributed by atoms with Crippen LogP contribution in [0.1, 0.15) is 108 Å². The lowest BCUT2D eigenvalue weighted by Gasteiger charge is -2.40. The minimum atomic E-state index is -0.945. The highest BCUT2D eigenvalue weighted by molar-refractivity contribution is 5.97. The predicted octanol–water partition coefficient (Wildman–Crippen LogP) is 3.84. The first-order valence-electron chi connectivity index (χ1n) is 16.8. The van der Waals surface area contributed by atoms with Crippen LogP contribution in [0.4, 0.5) is 9.59 Å². The van der Waals surface area contributed by atoms with Gasteiger partial charge >= 0.3 is 30.1 Å². The second-order valence-corrected chi connectivity index (χ2v) is 15.1. The zero-order chi connectivity index (χ0) is 39.9. The molecule has 2 aliphatic rings. The fourth-order valence-electron chi connectivity index (χ4n) is 4.64. The SMILES string of the molecule is CC(=O)CC(=O)OC(C)(C)C.COC(=O)C1CCCCN1C(=O)OC(C)(C)C.COC(=O)[C@@H]1CN(C(=O)CC(C)=O)CCN1C(=O)OC(C)(C)C. The smallest absolute Gasteiger partial charge is 0.411 e. The summed E-state index contributed by atoms with van der Waals surface area (Å²) in [6, 6.07) is -1.44. The van der Waals surface area contributed by atoms with E-state index in [0.717, 1.165) is 12.8 Å². The number of likely N-dealkylation sites (tertiary alicyclic amines) is 1. The third kappa shape index (κ3) is 19.7. The summed E-state index contributed by atoms with van der Waals surface area (Å²) in [5.41, 5.74) is -1.74. The van der Waals surface area contributed by atoms with Gasteiger partial charge in [-0.1, -0.05) is 0 Å². The van der Waals surface area contributed by atoms with Crippen LogP contribution in [0.3, 0.4) is 0 Å². The van der Waals surface area contributed by atoms with Crippen LogP contribution < -0.4 is 0 Å². The number of ether oxygens (including phenoxy) is 5. The van der Waals surface area contributed by atoms with E-state index in [-0.39, 0.29) is 55.9 Å². The molecule has 16 nitrogen and oxygen atoms in total. The molecule has 2 aliphatic heterocycles. The number of esters is 3. The van der Waals surface area contributed by atoms with Gasteiger partial charge in [0.25, 0.3) is 0 Å². The first-order chi connectivity index (χ1) is 23.2. The van der Waals surface area contributed by atoms with E-state index in [0.29, 0.717) is 13.0 Å². The first kappa shape index (κ1) is 46.8. The molecule has 0 radical (unpaired) electrons. The number of Topliss-reactive ketones (excluding diaryl/α,β-unsaturated/α-hetero) is 2. The lowest BCUT2D eigenvalue weighted by molar-refractivity contribution is -0.156. The molecule has 16 heteroatoms. The van der Waals surface area contributed by atoms with Crippen LogP contribution in [-0.4, -0.2) is 132 Å². The number of carbonyl (C=O) groups excluding carboxylic acids is 8.